The van der Waals surface area contributed by atoms with E-state index in [4.69, 9.17) is 9.15 Å². The number of carbonyl (C=O) groups is 1. The number of fused-ring (bicyclic) bond motifs is 1. The second-order valence-electron chi connectivity index (χ2n) is 5.25. The SMILES string of the molecule is CCOc1ccc2oc(=O)c(C(=O)NCc3ccccc3)cc2c1. The van der Waals surface area contributed by atoms with Crippen LogP contribution in [0.3, 0.4) is 0 Å². The van der Waals surface area contributed by atoms with Crippen LogP contribution in [0.25, 0.3) is 11.0 Å². The summed E-state index contributed by atoms with van der Waals surface area (Å²) in [5.74, 6) is 0.200. The molecule has 5 nitrogen and oxygen atoms in total. The number of hydrogen-bond donors (Lipinski definition) is 1. The molecule has 2 aromatic carbocycles. The summed E-state index contributed by atoms with van der Waals surface area (Å²) < 4.78 is 10.7. The standard InChI is InChI=1S/C19H17NO4/c1-2-23-15-8-9-17-14(10-15)11-16(19(22)24-17)18(21)20-12-13-6-4-3-5-7-13/h3-11H,2,12H2,1H3,(H,20,21). The van der Waals surface area contributed by atoms with Gasteiger partial charge in [0.2, 0.25) is 0 Å². The van der Waals surface area contributed by atoms with Gasteiger partial charge in [-0.2, -0.15) is 0 Å². The lowest BCUT2D eigenvalue weighted by atomic mass is 10.1. The van der Waals surface area contributed by atoms with Gasteiger partial charge in [-0.25, -0.2) is 4.79 Å². The molecule has 3 aromatic rings. The molecule has 0 atom stereocenters. The molecule has 24 heavy (non-hydrogen) atoms. The molecule has 1 N–H and O–H groups in total. The first-order valence-corrected chi connectivity index (χ1v) is 7.70. The number of ether oxygens (including phenoxy) is 1. The highest BCUT2D eigenvalue weighted by Gasteiger charge is 2.14. The van der Waals surface area contributed by atoms with Gasteiger partial charge in [-0.15, -0.1) is 0 Å². The van der Waals surface area contributed by atoms with E-state index in [1.165, 1.54) is 6.07 Å². The minimum Gasteiger partial charge on any atom is -0.494 e. The Labute approximate surface area is 138 Å². The van der Waals surface area contributed by atoms with Crippen molar-refractivity contribution in [3.63, 3.8) is 0 Å². The van der Waals surface area contributed by atoms with Crippen molar-refractivity contribution in [2.45, 2.75) is 13.5 Å². The number of benzene rings is 2. The smallest absolute Gasteiger partial charge is 0.349 e. The van der Waals surface area contributed by atoms with Gasteiger partial charge in [0.15, 0.2) is 0 Å². The van der Waals surface area contributed by atoms with E-state index in [1.807, 2.05) is 37.3 Å². The van der Waals surface area contributed by atoms with Gasteiger partial charge in [-0.3, -0.25) is 4.79 Å². The quantitative estimate of drug-likeness (QED) is 0.733. The van der Waals surface area contributed by atoms with Gasteiger partial charge in [0, 0.05) is 11.9 Å². The summed E-state index contributed by atoms with van der Waals surface area (Å²) in [7, 11) is 0. The topological polar surface area (TPSA) is 68.5 Å². The summed E-state index contributed by atoms with van der Waals surface area (Å²) in [6.07, 6.45) is 0. The lowest BCUT2D eigenvalue weighted by Gasteiger charge is -2.07. The van der Waals surface area contributed by atoms with Crippen molar-refractivity contribution >= 4 is 16.9 Å². The van der Waals surface area contributed by atoms with Crippen LogP contribution >= 0.6 is 0 Å². The van der Waals surface area contributed by atoms with E-state index < -0.39 is 11.5 Å². The van der Waals surface area contributed by atoms with E-state index >= 15 is 0 Å². The fourth-order valence-corrected chi connectivity index (χ4v) is 2.39. The molecule has 1 heterocycles. The predicted octanol–water partition coefficient (Wildman–Crippen LogP) is 3.12. The van der Waals surface area contributed by atoms with Crippen LogP contribution in [-0.2, 0) is 6.54 Å². The highest BCUT2D eigenvalue weighted by atomic mass is 16.5. The molecule has 0 bridgehead atoms. The first kappa shape index (κ1) is 15.8. The summed E-state index contributed by atoms with van der Waals surface area (Å²) >= 11 is 0. The van der Waals surface area contributed by atoms with Crippen molar-refractivity contribution in [1.29, 1.82) is 0 Å². The zero-order valence-electron chi connectivity index (χ0n) is 13.2. The van der Waals surface area contributed by atoms with E-state index in [1.54, 1.807) is 18.2 Å². The van der Waals surface area contributed by atoms with E-state index in [2.05, 4.69) is 5.32 Å². The molecule has 0 saturated carbocycles. The van der Waals surface area contributed by atoms with Crippen LogP contribution in [0.5, 0.6) is 5.75 Å². The van der Waals surface area contributed by atoms with E-state index in [9.17, 15) is 9.59 Å². The molecule has 122 valence electrons. The second-order valence-corrected chi connectivity index (χ2v) is 5.25. The molecule has 0 saturated heterocycles. The van der Waals surface area contributed by atoms with Gasteiger partial charge < -0.3 is 14.5 Å². The first-order valence-electron chi connectivity index (χ1n) is 7.70. The zero-order chi connectivity index (χ0) is 16.9. The fourth-order valence-electron chi connectivity index (χ4n) is 2.39. The highest BCUT2D eigenvalue weighted by Crippen LogP contribution is 2.20. The van der Waals surface area contributed by atoms with E-state index in [0.717, 1.165) is 5.56 Å². The van der Waals surface area contributed by atoms with Crippen molar-refractivity contribution in [3.05, 3.63) is 76.1 Å². The van der Waals surface area contributed by atoms with Crippen LogP contribution in [0, 0.1) is 0 Å². The molecule has 0 spiro atoms. The number of carbonyl (C=O) groups excluding carboxylic acids is 1. The number of hydrogen-bond acceptors (Lipinski definition) is 4. The molecule has 1 amide bonds. The normalized spacial score (nSPS) is 10.5. The zero-order valence-corrected chi connectivity index (χ0v) is 13.2. The summed E-state index contributed by atoms with van der Waals surface area (Å²) in [6.45, 7) is 2.76. The average molecular weight is 323 g/mol. The summed E-state index contributed by atoms with van der Waals surface area (Å²) in [5.41, 5.74) is 0.696. The van der Waals surface area contributed by atoms with Crippen molar-refractivity contribution in [2.75, 3.05) is 6.61 Å². The molecule has 0 aliphatic rings. The van der Waals surface area contributed by atoms with Crippen molar-refractivity contribution < 1.29 is 13.9 Å². The molecule has 0 aliphatic heterocycles. The third-order valence-corrected chi connectivity index (χ3v) is 3.56. The minimum absolute atomic E-state index is 0.0212. The fraction of sp³-hybridized carbons (Fsp3) is 0.158. The lowest BCUT2D eigenvalue weighted by Crippen LogP contribution is -2.27. The van der Waals surface area contributed by atoms with Crippen LogP contribution < -0.4 is 15.7 Å². The maximum absolute atomic E-state index is 12.3. The lowest BCUT2D eigenvalue weighted by molar-refractivity contribution is 0.0947. The Morgan fingerprint density at radius 1 is 1.12 bits per heavy atom. The Morgan fingerprint density at radius 3 is 2.67 bits per heavy atom. The van der Waals surface area contributed by atoms with Crippen molar-refractivity contribution in [1.82, 2.24) is 5.32 Å². The molecule has 0 unspecified atom stereocenters. The third kappa shape index (κ3) is 3.46. The number of rotatable bonds is 5. The van der Waals surface area contributed by atoms with Gasteiger partial charge in [0.05, 0.1) is 6.61 Å². The van der Waals surface area contributed by atoms with Crippen molar-refractivity contribution in [2.24, 2.45) is 0 Å². The van der Waals surface area contributed by atoms with Crippen LogP contribution in [0.1, 0.15) is 22.8 Å². The van der Waals surface area contributed by atoms with Gasteiger partial charge in [-0.1, -0.05) is 30.3 Å². The molecule has 0 radical (unpaired) electrons. The van der Waals surface area contributed by atoms with Crippen LogP contribution in [0.2, 0.25) is 0 Å². The van der Waals surface area contributed by atoms with Gasteiger partial charge >= 0.3 is 5.63 Å². The van der Waals surface area contributed by atoms with Crippen molar-refractivity contribution in [3.8, 4) is 5.75 Å². The van der Waals surface area contributed by atoms with Crippen LogP contribution in [-0.4, -0.2) is 12.5 Å². The molecular formula is C19H17NO4. The molecule has 3 rings (SSSR count). The molecule has 1 aromatic heterocycles. The van der Waals surface area contributed by atoms with Gasteiger partial charge in [0.25, 0.3) is 5.91 Å². The van der Waals surface area contributed by atoms with Crippen LogP contribution in [0.15, 0.2) is 63.8 Å². The largest absolute Gasteiger partial charge is 0.494 e. The summed E-state index contributed by atoms with van der Waals surface area (Å²) in [4.78, 5) is 24.3. The number of amides is 1. The highest BCUT2D eigenvalue weighted by molar-refractivity contribution is 5.96. The molecule has 0 aliphatic carbocycles. The molecular weight excluding hydrogens is 306 g/mol. The maximum Gasteiger partial charge on any atom is 0.349 e. The Balaban J connectivity index is 1.86. The predicted molar refractivity (Wildman–Crippen MR) is 91.3 cm³/mol. The van der Waals surface area contributed by atoms with Gasteiger partial charge in [-0.05, 0) is 36.8 Å². The Kier molecular flexibility index (Phi) is 4.61. The number of nitrogens with one attached hydrogen (secondary N) is 1. The van der Waals surface area contributed by atoms with E-state index in [0.29, 0.717) is 29.9 Å². The molecule has 5 heteroatoms. The van der Waals surface area contributed by atoms with Crippen LogP contribution in [0.4, 0.5) is 0 Å². The maximum atomic E-state index is 12.3. The minimum atomic E-state index is -0.655. The monoisotopic (exact) mass is 323 g/mol. The summed E-state index contributed by atoms with van der Waals surface area (Å²) in [6, 6.07) is 16.1. The first-order chi connectivity index (χ1) is 11.7. The second kappa shape index (κ2) is 7.00. The van der Waals surface area contributed by atoms with Gasteiger partial charge in [0.1, 0.15) is 16.9 Å². The Bertz CT molecular complexity index is 916. The average Bonchev–Trinajstić information content (AvgIpc) is 2.60. The Hall–Kier alpha value is -3.08. The summed E-state index contributed by atoms with van der Waals surface area (Å²) in [5, 5.41) is 3.37. The Morgan fingerprint density at radius 2 is 1.92 bits per heavy atom. The third-order valence-electron chi connectivity index (χ3n) is 3.56. The molecule has 0 fully saturated rings. The van der Waals surface area contributed by atoms with E-state index in [-0.39, 0.29) is 5.56 Å².